The fourth-order valence-electron chi connectivity index (χ4n) is 2.77. The first-order valence-electron chi connectivity index (χ1n) is 5.91. The van der Waals surface area contributed by atoms with Crippen LogP contribution in [0.3, 0.4) is 0 Å². The van der Waals surface area contributed by atoms with Gasteiger partial charge in [0.15, 0.2) is 0 Å². The number of allylic oxidation sites excluding steroid dienone is 4. The van der Waals surface area contributed by atoms with Gasteiger partial charge in [0.1, 0.15) is 0 Å². The zero-order valence-corrected chi connectivity index (χ0v) is 11.9. The van der Waals surface area contributed by atoms with E-state index in [0.717, 1.165) is 3.63 Å². The van der Waals surface area contributed by atoms with Crippen LogP contribution in [0.2, 0.25) is 12.9 Å². The molecular formula is C13H21Zr. The zero-order chi connectivity index (χ0) is 10.0. The average molecular weight is 269 g/mol. The summed E-state index contributed by atoms with van der Waals surface area (Å²) in [6, 6.07) is 0. The monoisotopic (exact) mass is 267 g/mol. The fraction of sp³-hybridized carbons (Fsp3) is 0.615. The molecule has 0 aliphatic heterocycles. The van der Waals surface area contributed by atoms with Crippen molar-refractivity contribution in [2.75, 3.05) is 0 Å². The maximum atomic E-state index is 2.62. The van der Waals surface area contributed by atoms with E-state index in [2.05, 4.69) is 33.6 Å². The molecule has 0 radical (unpaired) electrons. The Balaban J connectivity index is 2.27. The minimum absolute atomic E-state index is 0.859. The summed E-state index contributed by atoms with van der Waals surface area (Å²) in [5.41, 5.74) is 0. The molecule has 0 nitrogen and oxygen atoms in total. The second kappa shape index (κ2) is 4.39. The first-order chi connectivity index (χ1) is 6.71. The molecule has 1 fully saturated rings. The van der Waals surface area contributed by atoms with Crippen LogP contribution in [0, 0.1) is 0 Å². The van der Waals surface area contributed by atoms with Crippen molar-refractivity contribution in [3.8, 4) is 0 Å². The molecule has 0 bridgehead atoms. The van der Waals surface area contributed by atoms with Gasteiger partial charge in [-0.2, -0.15) is 0 Å². The molecular weight excluding hydrogens is 247 g/mol. The van der Waals surface area contributed by atoms with Crippen molar-refractivity contribution in [3.05, 3.63) is 24.3 Å². The van der Waals surface area contributed by atoms with Gasteiger partial charge < -0.3 is 0 Å². The molecule has 0 N–H and O–H groups in total. The van der Waals surface area contributed by atoms with Gasteiger partial charge in [-0.25, -0.2) is 0 Å². The summed E-state index contributed by atoms with van der Waals surface area (Å²) in [6.07, 6.45) is 16.7. The van der Waals surface area contributed by atoms with Gasteiger partial charge in [-0.15, -0.1) is 0 Å². The molecule has 14 heavy (non-hydrogen) atoms. The van der Waals surface area contributed by atoms with E-state index in [1.54, 1.807) is 0 Å². The van der Waals surface area contributed by atoms with E-state index in [-0.39, 0.29) is 0 Å². The summed E-state index contributed by atoms with van der Waals surface area (Å²) in [4.78, 5) is 0. The van der Waals surface area contributed by atoms with Gasteiger partial charge in [-0.05, 0) is 0 Å². The van der Waals surface area contributed by atoms with Crippen LogP contribution in [0.1, 0.15) is 32.1 Å². The molecule has 0 heterocycles. The predicted molar refractivity (Wildman–Crippen MR) is 61.9 cm³/mol. The van der Waals surface area contributed by atoms with Crippen molar-refractivity contribution in [1.29, 1.82) is 0 Å². The van der Waals surface area contributed by atoms with E-state index in [4.69, 9.17) is 0 Å². The third-order valence-corrected chi connectivity index (χ3v) is 14.7. The molecule has 0 aromatic heterocycles. The molecule has 0 unspecified atom stereocenters. The molecule has 2 aliphatic rings. The van der Waals surface area contributed by atoms with Crippen molar-refractivity contribution in [2.45, 2.75) is 45.0 Å². The summed E-state index contributed by atoms with van der Waals surface area (Å²) in [6.45, 7) is 0. The van der Waals surface area contributed by atoms with E-state index in [9.17, 15) is 0 Å². The molecule has 0 atom stereocenters. The summed E-state index contributed by atoms with van der Waals surface area (Å²) in [7, 11) is 0. The Bertz CT molecular complexity index is 294. The second-order valence-corrected chi connectivity index (χ2v) is 17.0. The molecule has 0 saturated heterocycles. The van der Waals surface area contributed by atoms with Crippen LogP contribution >= 0.6 is 0 Å². The molecule has 1 heteroatoms. The molecule has 0 aromatic rings. The Morgan fingerprint density at radius 3 is 2.14 bits per heavy atom. The first-order valence-corrected chi connectivity index (χ1v) is 13.5. The predicted octanol–water partition coefficient (Wildman–Crippen LogP) is 4.29. The van der Waals surface area contributed by atoms with Gasteiger partial charge in [0, 0.05) is 0 Å². The number of hydrogen-bond acceptors (Lipinski definition) is 0. The van der Waals surface area contributed by atoms with Crippen molar-refractivity contribution < 1.29 is 19.8 Å². The molecule has 0 amide bonds. The molecule has 1 saturated carbocycles. The number of hydrogen-bond donors (Lipinski definition) is 0. The fourth-order valence-corrected chi connectivity index (χ4v) is 10.9. The summed E-state index contributed by atoms with van der Waals surface area (Å²) in [5.74, 6) is 0. The third-order valence-electron chi connectivity index (χ3n) is 3.95. The van der Waals surface area contributed by atoms with E-state index in [1.807, 2.05) is 3.21 Å². The van der Waals surface area contributed by atoms with Crippen molar-refractivity contribution in [1.82, 2.24) is 0 Å². The topological polar surface area (TPSA) is 0 Å². The van der Waals surface area contributed by atoms with Crippen LogP contribution in [0.15, 0.2) is 24.3 Å². The standard InChI is InChI=1S/C6H10.C5H5.2CH3.Zr/c1-2-4-6-5-3-1;1-2-4-5-3-1;;;/h1-5H2;1-5H;2*1H3;. The summed E-state index contributed by atoms with van der Waals surface area (Å²) in [5, 5.41) is 0. The van der Waals surface area contributed by atoms with Crippen LogP contribution < -0.4 is 0 Å². The van der Waals surface area contributed by atoms with Crippen molar-refractivity contribution in [2.24, 2.45) is 0 Å². The SMILES string of the molecule is [CH3][Zr]([CH3])(=[C]1CCCCC1)[CH]1C=CC=C1. The molecule has 77 valence electrons. The Kier molecular flexibility index (Phi) is 3.37. The van der Waals surface area contributed by atoms with E-state index in [0.29, 0.717) is 0 Å². The maximum absolute atomic E-state index is 2.62. The normalized spacial score (nSPS) is 23.4. The molecule has 2 aliphatic carbocycles. The van der Waals surface area contributed by atoms with E-state index < -0.39 is 19.8 Å². The Morgan fingerprint density at radius 1 is 1.00 bits per heavy atom. The quantitative estimate of drug-likeness (QED) is 0.665. The van der Waals surface area contributed by atoms with Gasteiger partial charge >= 0.3 is 92.3 Å². The zero-order valence-electron chi connectivity index (χ0n) is 9.42. The van der Waals surface area contributed by atoms with Gasteiger partial charge in [0.05, 0.1) is 0 Å². The molecule has 0 aromatic carbocycles. The molecule has 2 rings (SSSR count). The second-order valence-electron chi connectivity index (χ2n) is 5.18. The van der Waals surface area contributed by atoms with Crippen molar-refractivity contribution in [3.63, 3.8) is 0 Å². The van der Waals surface area contributed by atoms with Crippen LogP contribution in [0.5, 0.6) is 0 Å². The van der Waals surface area contributed by atoms with Gasteiger partial charge in [-0.1, -0.05) is 0 Å². The van der Waals surface area contributed by atoms with E-state index in [1.165, 1.54) is 32.1 Å². The van der Waals surface area contributed by atoms with Crippen LogP contribution in [-0.4, -0.2) is 3.21 Å². The summed E-state index contributed by atoms with van der Waals surface area (Å²) >= 11 is -1.90. The Labute approximate surface area is 92.0 Å². The van der Waals surface area contributed by atoms with Gasteiger partial charge in [0.25, 0.3) is 0 Å². The Hall–Kier alpha value is 0.233. The average Bonchev–Trinajstić information content (AvgIpc) is 2.72. The van der Waals surface area contributed by atoms with Crippen LogP contribution in [0.4, 0.5) is 0 Å². The third kappa shape index (κ3) is 2.08. The minimum atomic E-state index is -1.90. The van der Waals surface area contributed by atoms with Crippen LogP contribution in [-0.2, 0) is 19.8 Å². The Morgan fingerprint density at radius 2 is 1.57 bits per heavy atom. The van der Waals surface area contributed by atoms with Gasteiger partial charge in [-0.3, -0.25) is 0 Å². The molecule has 0 spiro atoms. The first kappa shape index (κ1) is 10.7. The number of rotatable bonds is 1. The summed E-state index contributed by atoms with van der Waals surface area (Å²) < 4.78 is 8.11. The van der Waals surface area contributed by atoms with Crippen molar-refractivity contribution >= 4 is 3.21 Å². The van der Waals surface area contributed by atoms with Gasteiger partial charge in [0.2, 0.25) is 0 Å². The van der Waals surface area contributed by atoms with E-state index >= 15 is 0 Å². The van der Waals surface area contributed by atoms with Crippen LogP contribution in [0.25, 0.3) is 0 Å².